The fourth-order valence-corrected chi connectivity index (χ4v) is 4.46. The van der Waals surface area contributed by atoms with Crippen molar-refractivity contribution in [2.75, 3.05) is 26.4 Å². The Balaban J connectivity index is 1.18. The summed E-state index contributed by atoms with van der Waals surface area (Å²) in [5, 5.41) is 0. The van der Waals surface area contributed by atoms with Crippen molar-refractivity contribution in [2.45, 2.75) is 32.1 Å². The van der Waals surface area contributed by atoms with Crippen molar-refractivity contribution in [3.8, 4) is 22.6 Å². The lowest BCUT2D eigenvalue weighted by Crippen LogP contribution is -2.10. The van der Waals surface area contributed by atoms with Gasteiger partial charge in [0.1, 0.15) is 23.0 Å². The molecule has 3 aromatic carbocycles. The van der Waals surface area contributed by atoms with Crippen LogP contribution in [0.25, 0.3) is 11.1 Å². The maximum atomic E-state index is 12.8. The Kier molecular flexibility index (Phi) is 14.0. The van der Waals surface area contributed by atoms with Gasteiger partial charge in [-0.15, -0.1) is 0 Å². The lowest BCUT2D eigenvalue weighted by Gasteiger charge is -2.15. The van der Waals surface area contributed by atoms with Gasteiger partial charge in [0, 0.05) is 31.4 Å². The second-order valence-electron chi connectivity index (χ2n) is 10.7. The first-order valence-electron chi connectivity index (χ1n) is 15.8. The van der Waals surface area contributed by atoms with Gasteiger partial charge < -0.3 is 28.4 Å². The monoisotopic (exact) mass is 666 g/mol. The van der Waals surface area contributed by atoms with Crippen LogP contribution in [0.4, 0.5) is 0 Å². The van der Waals surface area contributed by atoms with Crippen molar-refractivity contribution in [3.05, 3.63) is 133 Å². The molecule has 0 N–H and O–H groups in total. The second kappa shape index (κ2) is 19.0. The predicted molar refractivity (Wildman–Crippen MR) is 182 cm³/mol. The minimum Gasteiger partial charge on any atom is -0.494 e. The molecule has 0 unspecified atom stereocenters. The molecule has 0 fully saturated rings. The first-order chi connectivity index (χ1) is 23.8. The highest BCUT2D eigenvalue weighted by molar-refractivity contribution is 5.91. The molecule has 0 amide bonds. The smallest absolute Gasteiger partial charge is 0.343 e. The summed E-state index contributed by atoms with van der Waals surface area (Å²) in [6, 6.07) is 21.3. The van der Waals surface area contributed by atoms with Crippen LogP contribution in [0.15, 0.2) is 122 Å². The van der Waals surface area contributed by atoms with Gasteiger partial charge in [-0.1, -0.05) is 37.4 Å². The first-order valence-corrected chi connectivity index (χ1v) is 15.8. The van der Waals surface area contributed by atoms with Crippen LogP contribution in [0, 0.1) is 0 Å². The standard InChI is InChI=1S/C39H38O10/c1-3-36(40)46-25-6-5-24-44-32-16-12-29(13-17-32)28-8-10-30(11-9-28)38(42)48-34-20-22-35(23-21-34)49-39(43)31-14-18-33(19-15-31)45-26-7-27-47-37(41)4-2/h3-4,8-20,22H,1-2,5-7,21,23-27H2. The maximum Gasteiger partial charge on any atom is 0.343 e. The number of esters is 4. The Hall–Kier alpha value is -5.90. The van der Waals surface area contributed by atoms with Crippen LogP contribution in [-0.4, -0.2) is 50.3 Å². The summed E-state index contributed by atoms with van der Waals surface area (Å²) in [4.78, 5) is 47.5. The molecule has 0 atom stereocenters. The van der Waals surface area contributed by atoms with Gasteiger partial charge in [-0.05, 0) is 84.7 Å². The van der Waals surface area contributed by atoms with E-state index in [1.54, 1.807) is 48.6 Å². The molecule has 0 spiro atoms. The Morgan fingerprint density at radius 1 is 0.531 bits per heavy atom. The number of ether oxygens (including phenoxy) is 6. The van der Waals surface area contributed by atoms with E-state index in [-0.39, 0.29) is 6.61 Å². The predicted octanol–water partition coefficient (Wildman–Crippen LogP) is 7.32. The molecule has 1 aliphatic carbocycles. The molecule has 0 radical (unpaired) electrons. The number of rotatable bonds is 18. The van der Waals surface area contributed by atoms with Gasteiger partial charge in [0.15, 0.2) is 0 Å². The molecule has 0 aliphatic heterocycles. The van der Waals surface area contributed by atoms with Crippen LogP contribution in [0.2, 0.25) is 0 Å². The van der Waals surface area contributed by atoms with Gasteiger partial charge >= 0.3 is 23.9 Å². The molecule has 0 aromatic heterocycles. The molecule has 4 rings (SSSR count). The number of unbranched alkanes of at least 4 members (excludes halogenated alkanes) is 1. The molecule has 254 valence electrons. The SMILES string of the molecule is C=CC(=O)OCCCCOc1ccc(-c2ccc(C(=O)OC3=CC=C(OC(=O)c4ccc(OCCCOC(=O)C=C)cc4)CC3)cc2)cc1. The minimum atomic E-state index is -0.508. The number of hydrogen-bond acceptors (Lipinski definition) is 10. The van der Waals surface area contributed by atoms with Crippen LogP contribution in [0.5, 0.6) is 11.5 Å². The van der Waals surface area contributed by atoms with Gasteiger partial charge in [-0.2, -0.15) is 0 Å². The van der Waals surface area contributed by atoms with Crippen LogP contribution in [0.3, 0.4) is 0 Å². The molecule has 1 aliphatic rings. The van der Waals surface area contributed by atoms with Crippen LogP contribution < -0.4 is 9.47 Å². The van der Waals surface area contributed by atoms with Gasteiger partial charge in [0.2, 0.25) is 0 Å². The third kappa shape index (κ3) is 12.0. The van der Waals surface area contributed by atoms with E-state index in [9.17, 15) is 19.2 Å². The Morgan fingerprint density at radius 3 is 1.39 bits per heavy atom. The number of carbonyl (C=O) groups is 4. The Bertz CT molecular complexity index is 1670. The normalized spacial score (nSPS) is 12.0. The average Bonchev–Trinajstić information content (AvgIpc) is 3.14. The molecule has 49 heavy (non-hydrogen) atoms. The van der Waals surface area contributed by atoms with Gasteiger partial charge in [-0.3, -0.25) is 0 Å². The zero-order chi connectivity index (χ0) is 34.8. The molecule has 0 heterocycles. The molecule has 3 aromatic rings. The first kappa shape index (κ1) is 35.9. The largest absolute Gasteiger partial charge is 0.494 e. The van der Waals surface area contributed by atoms with Crippen LogP contribution in [-0.2, 0) is 28.5 Å². The van der Waals surface area contributed by atoms with E-state index in [1.807, 2.05) is 36.4 Å². The molecule has 0 bridgehead atoms. The molecule has 0 saturated heterocycles. The molecule has 10 nitrogen and oxygen atoms in total. The van der Waals surface area contributed by atoms with E-state index in [4.69, 9.17) is 28.4 Å². The maximum absolute atomic E-state index is 12.8. The van der Waals surface area contributed by atoms with E-state index in [2.05, 4.69) is 13.2 Å². The lowest BCUT2D eigenvalue weighted by atomic mass is 10.0. The summed E-state index contributed by atoms with van der Waals surface area (Å²) < 4.78 is 32.3. The zero-order valence-corrected chi connectivity index (χ0v) is 27.1. The number of allylic oxidation sites excluding steroid dienone is 4. The summed E-state index contributed by atoms with van der Waals surface area (Å²) in [6.45, 7) is 8.11. The van der Waals surface area contributed by atoms with Gasteiger partial charge in [-0.25, -0.2) is 19.2 Å². The van der Waals surface area contributed by atoms with E-state index < -0.39 is 23.9 Å². The van der Waals surface area contributed by atoms with E-state index in [0.717, 1.165) is 35.4 Å². The number of carbonyl (C=O) groups excluding carboxylic acids is 4. The average molecular weight is 667 g/mol. The highest BCUT2D eigenvalue weighted by atomic mass is 16.6. The molecular formula is C39H38O10. The summed E-state index contributed by atoms with van der Waals surface area (Å²) >= 11 is 0. The third-order valence-electron chi connectivity index (χ3n) is 7.11. The lowest BCUT2D eigenvalue weighted by molar-refractivity contribution is -0.138. The van der Waals surface area contributed by atoms with Crippen molar-refractivity contribution in [1.29, 1.82) is 0 Å². The fraction of sp³-hybridized carbons (Fsp3) is 0.231. The van der Waals surface area contributed by atoms with Gasteiger partial charge in [0.05, 0.1) is 37.6 Å². The second-order valence-corrected chi connectivity index (χ2v) is 10.7. The van der Waals surface area contributed by atoms with Crippen molar-refractivity contribution < 1.29 is 47.6 Å². The summed E-state index contributed by atoms with van der Waals surface area (Å²) in [7, 11) is 0. The van der Waals surface area contributed by atoms with Crippen LogP contribution >= 0.6 is 0 Å². The third-order valence-corrected chi connectivity index (χ3v) is 7.11. The van der Waals surface area contributed by atoms with Gasteiger partial charge in [0.25, 0.3) is 0 Å². The van der Waals surface area contributed by atoms with E-state index in [0.29, 0.717) is 73.9 Å². The summed E-state index contributed by atoms with van der Waals surface area (Å²) in [6.07, 6.45) is 8.26. The fourth-order valence-electron chi connectivity index (χ4n) is 4.46. The quantitative estimate of drug-likeness (QED) is 0.0591. The topological polar surface area (TPSA) is 124 Å². The van der Waals surface area contributed by atoms with Crippen molar-refractivity contribution in [3.63, 3.8) is 0 Å². The zero-order valence-electron chi connectivity index (χ0n) is 27.1. The van der Waals surface area contributed by atoms with Crippen molar-refractivity contribution in [1.82, 2.24) is 0 Å². The number of benzene rings is 3. The highest BCUT2D eigenvalue weighted by Crippen LogP contribution is 2.25. The van der Waals surface area contributed by atoms with Crippen LogP contribution in [0.1, 0.15) is 52.8 Å². The molecule has 10 heteroatoms. The van der Waals surface area contributed by atoms with Crippen molar-refractivity contribution >= 4 is 23.9 Å². The van der Waals surface area contributed by atoms with Crippen molar-refractivity contribution in [2.24, 2.45) is 0 Å². The Morgan fingerprint density at radius 2 is 0.918 bits per heavy atom. The van der Waals surface area contributed by atoms with E-state index >= 15 is 0 Å². The molecule has 0 saturated carbocycles. The Labute approximate surface area is 285 Å². The summed E-state index contributed by atoms with van der Waals surface area (Å²) in [5.41, 5.74) is 2.67. The molecular weight excluding hydrogens is 628 g/mol. The van der Waals surface area contributed by atoms with E-state index in [1.165, 1.54) is 0 Å². The minimum absolute atomic E-state index is 0.225. The number of hydrogen-bond donors (Lipinski definition) is 0. The highest BCUT2D eigenvalue weighted by Gasteiger charge is 2.17. The summed E-state index contributed by atoms with van der Waals surface area (Å²) in [5.74, 6) is 0.357.